The Labute approximate surface area is 125 Å². The van der Waals surface area contributed by atoms with Crippen LogP contribution in [0.1, 0.15) is 27.7 Å². The summed E-state index contributed by atoms with van der Waals surface area (Å²) in [6, 6.07) is 1.89. The maximum absolute atomic E-state index is 12.2. The van der Waals surface area contributed by atoms with Crippen molar-refractivity contribution in [3.63, 3.8) is 0 Å². The molecule has 2 aromatic rings. The number of aromatic nitrogens is 2. The Morgan fingerprint density at radius 3 is 2.38 bits per heavy atom. The van der Waals surface area contributed by atoms with Gasteiger partial charge in [0, 0.05) is 25.9 Å². The molecule has 0 atom stereocenters. The topological polar surface area (TPSA) is 56.4 Å². The van der Waals surface area contributed by atoms with E-state index in [-0.39, 0.29) is 5.56 Å². The van der Waals surface area contributed by atoms with Crippen molar-refractivity contribution < 1.29 is 9.76 Å². The van der Waals surface area contributed by atoms with E-state index in [1.54, 1.807) is 39.1 Å². The molecular formula is C15H22BN2O3-. The molecule has 0 fully saturated rings. The molecule has 0 aliphatic carbocycles. The van der Waals surface area contributed by atoms with Gasteiger partial charge in [0.25, 0.3) is 5.56 Å². The zero-order valence-electron chi connectivity index (χ0n) is 13.5. The van der Waals surface area contributed by atoms with Gasteiger partial charge in [-0.15, -0.1) is 7.48 Å². The fourth-order valence-electron chi connectivity index (χ4n) is 1.98. The van der Waals surface area contributed by atoms with Gasteiger partial charge in [0.2, 0.25) is 0 Å². The fourth-order valence-corrected chi connectivity index (χ4v) is 1.98. The molecule has 0 spiro atoms. The minimum Gasteiger partial charge on any atom is -0.649 e. The van der Waals surface area contributed by atoms with Crippen LogP contribution < -0.4 is 11.0 Å². The number of pyridine rings is 1. The van der Waals surface area contributed by atoms with E-state index in [1.165, 1.54) is 4.57 Å². The summed E-state index contributed by atoms with van der Waals surface area (Å²) >= 11 is 0. The highest BCUT2D eigenvalue weighted by molar-refractivity contribution is 6.51. The molecule has 0 amide bonds. The highest BCUT2D eigenvalue weighted by Crippen LogP contribution is 2.24. The third-order valence-electron chi connectivity index (χ3n) is 4.19. The Balaban J connectivity index is 2.41. The van der Waals surface area contributed by atoms with Crippen molar-refractivity contribution in [2.45, 2.75) is 38.9 Å². The fraction of sp³-hybridized carbons (Fsp3) is 0.533. The molecule has 21 heavy (non-hydrogen) atoms. The average Bonchev–Trinajstić information content (AvgIpc) is 2.73. The summed E-state index contributed by atoms with van der Waals surface area (Å²) in [4.78, 5) is 12.2. The zero-order valence-corrected chi connectivity index (χ0v) is 13.5. The van der Waals surface area contributed by atoms with E-state index in [9.17, 15) is 9.90 Å². The zero-order chi connectivity index (χ0) is 16.0. The van der Waals surface area contributed by atoms with Gasteiger partial charge < -0.3 is 18.9 Å². The third kappa shape index (κ3) is 2.78. The molecule has 0 saturated carbocycles. The second kappa shape index (κ2) is 5.03. The van der Waals surface area contributed by atoms with Gasteiger partial charge in [-0.25, -0.2) is 5.46 Å². The molecule has 2 aromatic heterocycles. The van der Waals surface area contributed by atoms with Crippen LogP contribution in [-0.2, 0) is 18.7 Å². The Morgan fingerprint density at radius 1 is 1.19 bits per heavy atom. The SMILES string of the molecule is Cn1cc([B-]OC(C)(C)C(C)(C)O)c2ccn(C)c2c1=O. The molecule has 2 rings (SSSR count). The van der Waals surface area contributed by atoms with Crippen LogP contribution in [-0.4, -0.2) is 32.9 Å². The standard InChI is InChI=1S/C15H22BN2O3/c1-14(2,20)15(3,4)21-16-11-9-18(6)13(19)12-10(11)7-8-17(12)5/h7-9,20H,1-6H3/q-1. The second-order valence-electron chi connectivity index (χ2n) is 6.49. The van der Waals surface area contributed by atoms with Crippen LogP contribution in [0.25, 0.3) is 10.9 Å². The van der Waals surface area contributed by atoms with Crippen LogP contribution in [0.4, 0.5) is 0 Å². The van der Waals surface area contributed by atoms with E-state index in [2.05, 4.69) is 0 Å². The summed E-state index contributed by atoms with van der Waals surface area (Å²) in [6.45, 7) is 7.07. The number of rotatable bonds is 4. The van der Waals surface area contributed by atoms with E-state index in [0.29, 0.717) is 5.52 Å². The van der Waals surface area contributed by atoms with Crippen molar-refractivity contribution in [3.8, 4) is 0 Å². The molecule has 0 aliphatic heterocycles. The lowest BCUT2D eigenvalue weighted by atomic mass is 9.82. The van der Waals surface area contributed by atoms with Crippen LogP contribution in [0.3, 0.4) is 0 Å². The van der Waals surface area contributed by atoms with Crippen molar-refractivity contribution in [2.24, 2.45) is 14.1 Å². The lowest BCUT2D eigenvalue weighted by molar-refractivity contribution is -0.0893. The van der Waals surface area contributed by atoms with E-state index in [0.717, 1.165) is 10.8 Å². The molecule has 114 valence electrons. The maximum atomic E-state index is 12.2. The van der Waals surface area contributed by atoms with E-state index in [1.807, 2.05) is 33.2 Å². The van der Waals surface area contributed by atoms with Gasteiger partial charge in [0.1, 0.15) is 5.52 Å². The number of hydrogen-bond donors (Lipinski definition) is 1. The Kier molecular flexibility index (Phi) is 3.80. The van der Waals surface area contributed by atoms with E-state index in [4.69, 9.17) is 4.65 Å². The lowest BCUT2D eigenvalue weighted by Gasteiger charge is -2.45. The highest BCUT2D eigenvalue weighted by atomic mass is 16.5. The quantitative estimate of drug-likeness (QED) is 0.842. The molecule has 0 bridgehead atoms. The molecule has 0 aromatic carbocycles. The number of hydrogen-bond acceptors (Lipinski definition) is 3. The van der Waals surface area contributed by atoms with E-state index >= 15 is 0 Å². The first-order valence-corrected chi connectivity index (χ1v) is 6.92. The Morgan fingerprint density at radius 2 is 1.81 bits per heavy atom. The van der Waals surface area contributed by atoms with Crippen LogP contribution in [0, 0.1) is 0 Å². The Bertz CT molecular complexity index is 723. The largest absolute Gasteiger partial charge is 0.649 e. The summed E-state index contributed by atoms with van der Waals surface area (Å²) in [5.74, 6) is 0. The van der Waals surface area contributed by atoms with Gasteiger partial charge in [-0.2, -0.15) is 0 Å². The minimum atomic E-state index is -0.986. The second-order valence-corrected chi connectivity index (χ2v) is 6.49. The molecule has 0 saturated heterocycles. The van der Waals surface area contributed by atoms with Gasteiger partial charge in [0.05, 0.1) is 5.60 Å². The number of aryl methyl sites for hydroxylation is 2. The van der Waals surface area contributed by atoms with Crippen molar-refractivity contribution in [3.05, 3.63) is 28.8 Å². The van der Waals surface area contributed by atoms with Crippen LogP contribution in [0.5, 0.6) is 0 Å². The molecule has 5 nitrogen and oxygen atoms in total. The van der Waals surface area contributed by atoms with Crippen LogP contribution in [0.2, 0.25) is 0 Å². The first kappa shape index (κ1) is 15.9. The van der Waals surface area contributed by atoms with E-state index < -0.39 is 11.2 Å². The van der Waals surface area contributed by atoms with Gasteiger partial charge in [0.15, 0.2) is 0 Å². The summed E-state index contributed by atoms with van der Waals surface area (Å²) in [7, 11) is 5.17. The minimum absolute atomic E-state index is 0.0450. The molecule has 1 N–H and O–H groups in total. The molecular weight excluding hydrogens is 267 g/mol. The monoisotopic (exact) mass is 289 g/mol. The number of nitrogens with zero attached hydrogens (tertiary/aromatic N) is 2. The van der Waals surface area contributed by atoms with Crippen LogP contribution >= 0.6 is 0 Å². The lowest BCUT2D eigenvalue weighted by Crippen LogP contribution is -2.49. The first-order chi connectivity index (χ1) is 9.54. The van der Waals surface area contributed by atoms with Crippen molar-refractivity contribution in [1.82, 2.24) is 9.13 Å². The Hall–Kier alpha value is -1.53. The first-order valence-electron chi connectivity index (χ1n) is 6.92. The molecule has 0 aliphatic rings. The maximum Gasteiger partial charge on any atom is 0.274 e. The van der Waals surface area contributed by atoms with Crippen molar-refractivity contribution in [1.29, 1.82) is 0 Å². The molecule has 2 heterocycles. The third-order valence-corrected chi connectivity index (χ3v) is 4.19. The van der Waals surface area contributed by atoms with Crippen molar-refractivity contribution >= 4 is 23.8 Å². The van der Waals surface area contributed by atoms with Crippen molar-refractivity contribution in [2.75, 3.05) is 0 Å². The molecule has 6 heteroatoms. The smallest absolute Gasteiger partial charge is 0.274 e. The summed E-state index contributed by atoms with van der Waals surface area (Å²) in [6.07, 6.45) is 3.59. The highest BCUT2D eigenvalue weighted by Gasteiger charge is 2.31. The van der Waals surface area contributed by atoms with Gasteiger partial charge in [-0.05, 0) is 45.3 Å². The van der Waals surface area contributed by atoms with Gasteiger partial charge in [-0.3, -0.25) is 4.79 Å². The van der Waals surface area contributed by atoms with Gasteiger partial charge >= 0.3 is 0 Å². The number of aliphatic hydroxyl groups is 1. The van der Waals surface area contributed by atoms with Crippen LogP contribution in [0.15, 0.2) is 23.3 Å². The van der Waals surface area contributed by atoms with Gasteiger partial charge in [-0.1, -0.05) is 0 Å². The molecule has 0 unspecified atom stereocenters. The average molecular weight is 289 g/mol. The normalized spacial score (nSPS) is 13.1. The molecule has 2 radical (unpaired) electrons. The summed E-state index contributed by atoms with van der Waals surface area (Å²) < 4.78 is 9.13. The number of fused-ring (bicyclic) bond motifs is 1. The predicted molar refractivity (Wildman–Crippen MR) is 85.0 cm³/mol. The summed E-state index contributed by atoms with van der Waals surface area (Å²) in [5, 5.41) is 11.0. The predicted octanol–water partition coefficient (Wildman–Crippen LogP) is 0.688. The summed E-state index contributed by atoms with van der Waals surface area (Å²) in [5.41, 5.74) is -0.333.